The van der Waals surface area contributed by atoms with Crippen molar-refractivity contribution in [2.24, 2.45) is 0 Å². The number of hydrogen-bond acceptors (Lipinski definition) is 2. The number of benzene rings is 1. The first-order valence-electron chi connectivity index (χ1n) is 6.05. The van der Waals surface area contributed by atoms with Crippen LogP contribution >= 0.6 is 0 Å². The SMILES string of the molecule is N#CCc1ccc(CCN2CCCC2)cc1. The Kier molecular flexibility index (Phi) is 3.96. The second kappa shape index (κ2) is 5.67. The van der Waals surface area contributed by atoms with Crippen molar-refractivity contribution in [1.82, 2.24) is 4.90 Å². The maximum Gasteiger partial charge on any atom is 0.0669 e. The molecule has 0 aromatic heterocycles. The first kappa shape index (κ1) is 11.2. The number of rotatable bonds is 4. The topological polar surface area (TPSA) is 27.0 Å². The van der Waals surface area contributed by atoms with E-state index in [1.54, 1.807) is 0 Å². The molecule has 0 N–H and O–H groups in total. The van der Waals surface area contributed by atoms with Crippen LogP contribution in [0.25, 0.3) is 0 Å². The first-order valence-corrected chi connectivity index (χ1v) is 6.05. The predicted octanol–water partition coefficient (Wildman–Crippen LogP) is 2.39. The Hall–Kier alpha value is -1.33. The molecule has 1 aliphatic rings. The van der Waals surface area contributed by atoms with Gasteiger partial charge in [-0.25, -0.2) is 0 Å². The third-order valence-electron chi connectivity index (χ3n) is 3.22. The Labute approximate surface area is 97.5 Å². The van der Waals surface area contributed by atoms with E-state index in [4.69, 9.17) is 5.26 Å². The van der Waals surface area contributed by atoms with Crippen LogP contribution in [0, 0.1) is 11.3 Å². The van der Waals surface area contributed by atoms with Crippen molar-refractivity contribution >= 4 is 0 Å². The van der Waals surface area contributed by atoms with Crippen molar-refractivity contribution in [2.75, 3.05) is 19.6 Å². The number of hydrogen-bond donors (Lipinski definition) is 0. The van der Waals surface area contributed by atoms with Crippen molar-refractivity contribution in [3.05, 3.63) is 35.4 Å². The highest BCUT2D eigenvalue weighted by Gasteiger charge is 2.10. The maximum atomic E-state index is 8.58. The summed E-state index contributed by atoms with van der Waals surface area (Å²) in [7, 11) is 0. The first-order chi connectivity index (χ1) is 7.88. The lowest BCUT2D eigenvalue weighted by Crippen LogP contribution is -2.21. The van der Waals surface area contributed by atoms with Gasteiger partial charge in [-0.05, 0) is 43.5 Å². The lowest BCUT2D eigenvalue weighted by atomic mass is 10.1. The Morgan fingerprint density at radius 2 is 1.69 bits per heavy atom. The molecule has 2 rings (SSSR count). The van der Waals surface area contributed by atoms with Gasteiger partial charge in [0, 0.05) is 6.54 Å². The molecule has 1 aliphatic heterocycles. The summed E-state index contributed by atoms with van der Waals surface area (Å²) in [5.74, 6) is 0. The Morgan fingerprint density at radius 1 is 1.06 bits per heavy atom. The third kappa shape index (κ3) is 3.08. The van der Waals surface area contributed by atoms with Gasteiger partial charge in [0.1, 0.15) is 0 Å². The molecule has 2 heteroatoms. The average Bonchev–Trinajstić information content (AvgIpc) is 2.82. The van der Waals surface area contributed by atoms with E-state index in [1.807, 2.05) is 0 Å². The lowest BCUT2D eigenvalue weighted by molar-refractivity contribution is 0.343. The van der Waals surface area contributed by atoms with Crippen LogP contribution in [0.5, 0.6) is 0 Å². The Balaban J connectivity index is 1.82. The highest BCUT2D eigenvalue weighted by atomic mass is 15.1. The van der Waals surface area contributed by atoms with Gasteiger partial charge in [-0.3, -0.25) is 0 Å². The second-order valence-electron chi connectivity index (χ2n) is 4.45. The van der Waals surface area contributed by atoms with Crippen LogP contribution in [-0.4, -0.2) is 24.5 Å². The summed E-state index contributed by atoms with van der Waals surface area (Å²) in [6.45, 7) is 3.72. The minimum absolute atomic E-state index is 0.520. The molecule has 0 amide bonds. The molecule has 0 saturated carbocycles. The fraction of sp³-hybridized carbons (Fsp3) is 0.500. The summed E-state index contributed by atoms with van der Waals surface area (Å²) in [6, 6.07) is 10.6. The van der Waals surface area contributed by atoms with Crippen molar-refractivity contribution in [3.8, 4) is 6.07 Å². The monoisotopic (exact) mass is 214 g/mol. The quantitative estimate of drug-likeness (QED) is 0.769. The molecule has 1 aromatic rings. The van der Waals surface area contributed by atoms with Crippen molar-refractivity contribution in [1.29, 1.82) is 5.26 Å². The van der Waals surface area contributed by atoms with E-state index < -0.39 is 0 Å². The third-order valence-corrected chi connectivity index (χ3v) is 3.22. The van der Waals surface area contributed by atoms with E-state index >= 15 is 0 Å². The van der Waals surface area contributed by atoms with Crippen molar-refractivity contribution < 1.29 is 0 Å². The summed E-state index contributed by atoms with van der Waals surface area (Å²) >= 11 is 0. The van der Waals surface area contributed by atoms with Gasteiger partial charge in [-0.1, -0.05) is 24.3 Å². The highest BCUT2D eigenvalue weighted by Crippen LogP contribution is 2.10. The van der Waals surface area contributed by atoms with Crippen LogP contribution in [0.4, 0.5) is 0 Å². The number of likely N-dealkylation sites (tertiary alicyclic amines) is 1. The van der Waals surface area contributed by atoms with Crippen molar-refractivity contribution in [2.45, 2.75) is 25.7 Å². The Morgan fingerprint density at radius 3 is 2.31 bits per heavy atom. The summed E-state index contributed by atoms with van der Waals surface area (Å²) in [5.41, 5.74) is 2.50. The van der Waals surface area contributed by atoms with Crippen LogP contribution in [0.2, 0.25) is 0 Å². The smallest absolute Gasteiger partial charge is 0.0669 e. The molecule has 2 nitrogen and oxygen atoms in total. The molecule has 0 atom stereocenters. The van der Waals surface area contributed by atoms with E-state index in [1.165, 1.54) is 38.0 Å². The fourth-order valence-corrected chi connectivity index (χ4v) is 2.21. The molecule has 16 heavy (non-hydrogen) atoms. The molecule has 0 bridgehead atoms. The number of nitriles is 1. The molecule has 1 aromatic carbocycles. The molecule has 1 saturated heterocycles. The summed E-state index contributed by atoms with van der Waals surface area (Å²) in [4.78, 5) is 2.53. The average molecular weight is 214 g/mol. The van der Waals surface area contributed by atoms with Crippen LogP contribution in [0.3, 0.4) is 0 Å². The number of nitrogens with zero attached hydrogens (tertiary/aromatic N) is 2. The fourth-order valence-electron chi connectivity index (χ4n) is 2.21. The van der Waals surface area contributed by atoms with Gasteiger partial charge in [0.25, 0.3) is 0 Å². The molecule has 0 spiro atoms. The molecular weight excluding hydrogens is 196 g/mol. The van der Waals surface area contributed by atoms with Gasteiger partial charge in [-0.15, -0.1) is 0 Å². The lowest BCUT2D eigenvalue weighted by Gasteiger charge is -2.14. The standard InChI is InChI=1S/C14H18N2/c15-9-7-13-3-5-14(6-4-13)8-12-16-10-1-2-11-16/h3-6H,1-2,7-8,10-12H2. The largest absolute Gasteiger partial charge is 0.303 e. The van der Waals surface area contributed by atoms with Gasteiger partial charge in [0.05, 0.1) is 12.5 Å². The van der Waals surface area contributed by atoms with Crippen LogP contribution < -0.4 is 0 Å². The molecule has 0 radical (unpaired) electrons. The van der Waals surface area contributed by atoms with Crippen LogP contribution in [0.15, 0.2) is 24.3 Å². The van der Waals surface area contributed by atoms with Crippen molar-refractivity contribution in [3.63, 3.8) is 0 Å². The van der Waals surface area contributed by atoms with Gasteiger partial charge in [0.15, 0.2) is 0 Å². The van der Waals surface area contributed by atoms with Gasteiger partial charge in [0.2, 0.25) is 0 Å². The minimum atomic E-state index is 0.520. The molecule has 1 fully saturated rings. The van der Waals surface area contributed by atoms with E-state index in [-0.39, 0.29) is 0 Å². The van der Waals surface area contributed by atoms with E-state index in [9.17, 15) is 0 Å². The normalized spacial score (nSPS) is 16.2. The van der Waals surface area contributed by atoms with E-state index in [0.717, 1.165) is 12.0 Å². The molecular formula is C14H18N2. The summed E-state index contributed by atoms with van der Waals surface area (Å²) < 4.78 is 0. The zero-order valence-electron chi connectivity index (χ0n) is 9.65. The predicted molar refractivity (Wildman–Crippen MR) is 65.1 cm³/mol. The molecule has 1 heterocycles. The van der Waals surface area contributed by atoms with Crippen LogP contribution in [0.1, 0.15) is 24.0 Å². The molecule has 84 valence electrons. The highest BCUT2D eigenvalue weighted by molar-refractivity contribution is 5.24. The van der Waals surface area contributed by atoms with E-state index in [0.29, 0.717) is 6.42 Å². The van der Waals surface area contributed by atoms with Gasteiger partial charge in [-0.2, -0.15) is 5.26 Å². The van der Waals surface area contributed by atoms with Gasteiger partial charge >= 0.3 is 0 Å². The summed E-state index contributed by atoms with van der Waals surface area (Å²) in [5, 5.41) is 8.58. The maximum absolute atomic E-state index is 8.58. The van der Waals surface area contributed by atoms with E-state index in [2.05, 4.69) is 35.2 Å². The Bertz CT molecular complexity index is 355. The molecule has 0 unspecified atom stereocenters. The summed E-state index contributed by atoms with van der Waals surface area (Å²) in [6.07, 6.45) is 4.38. The second-order valence-corrected chi connectivity index (χ2v) is 4.45. The van der Waals surface area contributed by atoms with Crippen LogP contribution in [-0.2, 0) is 12.8 Å². The van der Waals surface area contributed by atoms with Gasteiger partial charge < -0.3 is 4.90 Å². The zero-order chi connectivity index (χ0) is 11.2. The molecule has 0 aliphatic carbocycles. The zero-order valence-corrected chi connectivity index (χ0v) is 9.65. The minimum Gasteiger partial charge on any atom is -0.303 e.